The van der Waals surface area contributed by atoms with E-state index in [0.717, 1.165) is 44.5 Å². The molecule has 5 heteroatoms. The van der Waals surface area contributed by atoms with Crippen LogP contribution in [0.2, 0.25) is 5.02 Å². The van der Waals surface area contributed by atoms with Gasteiger partial charge in [-0.1, -0.05) is 24.6 Å². The van der Waals surface area contributed by atoms with Gasteiger partial charge < -0.3 is 15.0 Å². The fourth-order valence-electron chi connectivity index (χ4n) is 3.31. The highest BCUT2D eigenvalue weighted by molar-refractivity contribution is 6.32. The topological polar surface area (TPSA) is 41.6 Å². The van der Waals surface area contributed by atoms with Crippen LogP contribution < -0.4 is 10.1 Å². The van der Waals surface area contributed by atoms with Crippen LogP contribution in [0, 0.1) is 11.8 Å². The zero-order valence-electron chi connectivity index (χ0n) is 13.8. The molecule has 2 fully saturated rings. The van der Waals surface area contributed by atoms with E-state index >= 15 is 0 Å². The van der Waals surface area contributed by atoms with Crippen molar-refractivity contribution in [3.63, 3.8) is 0 Å². The summed E-state index contributed by atoms with van der Waals surface area (Å²) < 4.78 is 5.18. The highest BCUT2D eigenvalue weighted by Gasteiger charge is 2.36. The summed E-state index contributed by atoms with van der Waals surface area (Å²) in [7, 11) is 1.62. The van der Waals surface area contributed by atoms with E-state index in [4.69, 9.17) is 16.3 Å². The van der Waals surface area contributed by atoms with E-state index in [0.29, 0.717) is 34.6 Å². The molecular weight excluding hydrogens is 312 g/mol. The molecule has 1 saturated heterocycles. The molecule has 1 aliphatic heterocycles. The number of rotatable bonds is 5. The maximum atomic E-state index is 12.2. The van der Waals surface area contributed by atoms with Crippen LogP contribution >= 0.6 is 11.6 Å². The third kappa shape index (κ3) is 3.99. The van der Waals surface area contributed by atoms with Crippen LogP contribution in [-0.2, 0) is 11.3 Å². The standard InChI is InChI=1S/C18H25ClN2O2/c1-12-11-21(18(22)14-4-5-14)8-7-16(12)20-10-13-3-6-17(23-2)15(19)9-13/h3,6,9,12,14,16,20H,4-5,7-8,10-11H2,1-2H3/t12-,16+/m0/s1. The van der Waals surface area contributed by atoms with Crippen molar-refractivity contribution in [3.05, 3.63) is 28.8 Å². The molecular formula is C18H25ClN2O2. The first-order valence-corrected chi connectivity index (χ1v) is 8.81. The number of hydrogen-bond acceptors (Lipinski definition) is 3. The Morgan fingerprint density at radius 1 is 1.39 bits per heavy atom. The van der Waals surface area contributed by atoms with Crippen molar-refractivity contribution in [2.75, 3.05) is 20.2 Å². The summed E-state index contributed by atoms with van der Waals surface area (Å²) >= 11 is 6.17. The Balaban J connectivity index is 1.51. The monoisotopic (exact) mass is 336 g/mol. The number of benzene rings is 1. The molecule has 1 aliphatic carbocycles. The van der Waals surface area contributed by atoms with Crippen LogP contribution in [-0.4, -0.2) is 37.0 Å². The Hall–Kier alpha value is -1.26. The molecule has 1 aromatic rings. The second-order valence-electron chi connectivity index (χ2n) is 6.78. The van der Waals surface area contributed by atoms with Crippen molar-refractivity contribution in [1.82, 2.24) is 10.2 Å². The van der Waals surface area contributed by atoms with Crippen molar-refractivity contribution >= 4 is 17.5 Å². The van der Waals surface area contributed by atoms with E-state index in [9.17, 15) is 4.79 Å². The van der Waals surface area contributed by atoms with E-state index in [2.05, 4.69) is 17.1 Å². The van der Waals surface area contributed by atoms with Crippen LogP contribution in [0.25, 0.3) is 0 Å². The maximum absolute atomic E-state index is 12.2. The Labute approximate surface area is 143 Å². The number of carbonyl (C=O) groups excluding carboxylic acids is 1. The molecule has 0 unspecified atom stereocenters. The Morgan fingerprint density at radius 2 is 2.17 bits per heavy atom. The predicted molar refractivity (Wildman–Crippen MR) is 91.7 cm³/mol. The average Bonchev–Trinajstić information content (AvgIpc) is 3.38. The molecule has 0 spiro atoms. The van der Waals surface area contributed by atoms with E-state index in [1.807, 2.05) is 18.2 Å². The quantitative estimate of drug-likeness (QED) is 0.898. The third-order valence-corrected chi connectivity index (χ3v) is 5.22. The van der Waals surface area contributed by atoms with Crippen molar-refractivity contribution in [2.24, 2.45) is 11.8 Å². The summed E-state index contributed by atoms with van der Waals surface area (Å²) in [6, 6.07) is 6.33. The lowest BCUT2D eigenvalue weighted by atomic mass is 9.93. The van der Waals surface area contributed by atoms with Gasteiger partial charge in [-0.15, -0.1) is 0 Å². The summed E-state index contributed by atoms with van der Waals surface area (Å²) in [5.74, 6) is 1.88. The van der Waals surface area contributed by atoms with Gasteiger partial charge >= 0.3 is 0 Å². The number of halogens is 1. The second-order valence-corrected chi connectivity index (χ2v) is 7.19. The highest BCUT2D eigenvalue weighted by Crippen LogP contribution is 2.32. The minimum absolute atomic E-state index is 0.327. The normalized spacial score (nSPS) is 24.6. The largest absolute Gasteiger partial charge is 0.495 e. The zero-order chi connectivity index (χ0) is 16.4. The molecule has 126 valence electrons. The van der Waals surface area contributed by atoms with Crippen LogP contribution in [0.5, 0.6) is 5.75 Å². The Kier molecular flexibility index (Phi) is 5.12. The van der Waals surface area contributed by atoms with Crippen molar-refractivity contribution in [2.45, 2.75) is 38.8 Å². The zero-order valence-corrected chi connectivity index (χ0v) is 14.6. The number of piperidine rings is 1. The van der Waals surface area contributed by atoms with Gasteiger partial charge in [-0.2, -0.15) is 0 Å². The first-order chi connectivity index (χ1) is 11.1. The molecule has 1 amide bonds. The number of hydrogen-bond donors (Lipinski definition) is 1. The first-order valence-electron chi connectivity index (χ1n) is 8.43. The van der Waals surface area contributed by atoms with Crippen molar-refractivity contribution in [1.29, 1.82) is 0 Å². The molecule has 1 N–H and O–H groups in total. The van der Waals surface area contributed by atoms with Gasteiger partial charge in [0, 0.05) is 31.6 Å². The minimum Gasteiger partial charge on any atom is -0.495 e. The van der Waals surface area contributed by atoms with Crippen LogP contribution in [0.4, 0.5) is 0 Å². The summed E-state index contributed by atoms with van der Waals surface area (Å²) in [5, 5.41) is 4.26. The molecule has 1 saturated carbocycles. The maximum Gasteiger partial charge on any atom is 0.225 e. The molecule has 2 aliphatic rings. The van der Waals surface area contributed by atoms with Gasteiger partial charge in [0.1, 0.15) is 5.75 Å². The fourth-order valence-corrected chi connectivity index (χ4v) is 3.59. The molecule has 1 aromatic carbocycles. The number of amides is 1. The SMILES string of the molecule is COc1ccc(CN[C@@H]2CCN(C(=O)C3CC3)C[C@@H]2C)cc1Cl. The van der Waals surface area contributed by atoms with E-state index < -0.39 is 0 Å². The lowest BCUT2D eigenvalue weighted by molar-refractivity contribution is -0.134. The number of likely N-dealkylation sites (tertiary alicyclic amines) is 1. The smallest absolute Gasteiger partial charge is 0.225 e. The van der Waals surface area contributed by atoms with Gasteiger partial charge in [0.2, 0.25) is 5.91 Å². The summed E-state index contributed by atoms with van der Waals surface area (Å²) in [6.45, 7) is 4.76. The number of methoxy groups -OCH3 is 1. The van der Waals surface area contributed by atoms with Gasteiger partial charge in [-0.05, 0) is 42.9 Å². The predicted octanol–water partition coefficient (Wildman–Crippen LogP) is 3.09. The summed E-state index contributed by atoms with van der Waals surface area (Å²) in [6.07, 6.45) is 3.19. The van der Waals surface area contributed by atoms with Crippen LogP contribution in [0.1, 0.15) is 31.7 Å². The Bertz CT molecular complexity index is 574. The van der Waals surface area contributed by atoms with Gasteiger partial charge in [-0.25, -0.2) is 0 Å². The van der Waals surface area contributed by atoms with E-state index in [-0.39, 0.29) is 0 Å². The highest BCUT2D eigenvalue weighted by atomic mass is 35.5. The van der Waals surface area contributed by atoms with Gasteiger partial charge in [0.15, 0.2) is 0 Å². The molecule has 0 bridgehead atoms. The average molecular weight is 337 g/mol. The summed E-state index contributed by atoms with van der Waals surface area (Å²) in [4.78, 5) is 14.2. The lowest BCUT2D eigenvalue weighted by Gasteiger charge is -2.37. The molecule has 23 heavy (non-hydrogen) atoms. The van der Waals surface area contributed by atoms with Crippen LogP contribution in [0.15, 0.2) is 18.2 Å². The van der Waals surface area contributed by atoms with Crippen LogP contribution in [0.3, 0.4) is 0 Å². The number of carbonyl (C=O) groups is 1. The molecule has 0 aromatic heterocycles. The van der Waals surface area contributed by atoms with E-state index in [1.165, 1.54) is 0 Å². The number of nitrogens with zero attached hydrogens (tertiary/aromatic N) is 1. The Morgan fingerprint density at radius 3 is 2.78 bits per heavy atom. The molecule has 4 nitrogen and oxygen atoms in total. The molecule has 2 atom stereocenters. The second kappa shape index (κ2) is 7.10. The van der Waals surface area contributed by atoms with Crippen molar-refractivity contribution < 1.29 is 9.53 Å². The number of nitrogens with one attached hydrogen (secondary N) is 1. The van der Waals surface area contributed by atoms with Gasteiger partial charge in [0.25, 0.3) is 0 Å². The fraction of sp³-hybridized carbons (Fsp3) is 0.611. The molecule has 1 heterocycles. The summed E-state index contributed by atoms with van der Waals surface area (Å²) in [5.41, 5.74) is 1.15. The van der Waals surface area contributed by atoms with Gasteiger partial charge in [-0.3, -0.25) is 4.79 Å². The molecule has 0 radical (unpaired) electrons. The van der Waals surface area contributed by atoms with E-state index in [1.54, 1.807) is 7.11 Å². The first kappa shape index (κ1) is 16.6. The third-order valence-electron chi connectivity index (χ3n) is 4.93. The lowest BCUT2D eigenvalue weighted by Crippen LogP contribution is -2.50. The van der Waals surface area contributed by atoms with Crippen molar-refractivity contribution in [3.8, 4) is 5.75 Å². The van der Waals surface area contributed by atoms with Gasteiger partial charge in [0.05, 0.1) is 12.1 Å². The molecule has 3 rings (SSSR count). The number of ether oxygens (including phenoxy) is 1. The minimum atomic E-state index is 0.327.